The monoisotopic (exact) mass is 275 g/mol. The van der Waals surface area contributed by atoms with Crippen molar-refractivity contribution in [3.05, 3.63) is 16.6 Å². The van der Waals surface area contributed by atoms with Crippen molar-refractivity contribution in [1.82, 2.24) is 15.0 Å². The molecular formula is C10H17N3O2S2. The number of nitrogens with zero attached hydrogens (tertiary/aromatic N) is 1. The summed E-state index contributed by atoms with van der Waals surface area (Å²) in [5.74, 6) is 0. The molecule has 17 heavy (non-hydrogen) atoms. The zero-order valence-corrected chi connectivity index (χ0v) is 11.2. The van der Waals surface area contributed by atoms with Gasteiger partial charge in [-0.25, -0.2) is 18.1 Å². The maximum atomic E-state index is 12.0. The number of sulfonamides is 1. The lowest BCUT2D eigenvalue weighted by Gasteiger charge is -2.22. The van der Waals surface area contributed by atoms with E-state index in [1.165, 1.54) is 11.3 Å². The molecule has 0 atom stereocenters. The van der Waals surface area contributed by atoms with Gasteiger partial charge in [0.2, 0.25) is 10.0 Å². The first-order valence-corrected chi connectivity index (χ1v) is 8.23. The van der Waals surface area contributed by atoms with Crippen molar-refractivity contribution < 1.29 is 8.42 Å². The summed E-state index contributed by atoms with van der Waals surface area (Å²) in [6.45, 7) is 2.02. The van der Waals surface area contributed by atoms with Crippen LogP contribution in [0.5, 0.6) is 0 Å². The molecule has 1 fully saturated rings. The van der Waals surface area contributed by atoms with Crippen LogP contribution in [0.3, 0.4) is 0 Å². The third kappa shape index (κ3) is 3.74. The molecule has 0 aromatic carbocycles. The van der Waals surface area contributed by atoms with Crippen LogP contribution in [0.1, 0.15) is 18.5 Å². The highest BCUT2D eigenvalue weighted by molar-refractivity contribution is 7.90. The van der Waals surface area contributed by atoms with Gasteiger partial charge in [0, 0.05) is 18.3 Å². The molecular weight excluding hydrogens is 258 g/mol. The van der Waals surface area contributed by atoms with Crippen LogP contribution in [0, 0.1) is 0 Å². The molecule has 1 aromatic rings. The normalized spacial score (nSPS) is 18.4. The molecule has 0 radical (unpaired) electrons. The molecule has 1 aliphatic rings. The number of rotatable bonds is 5. The van der Waals surface area contributed by atoms with E-state index in [-0.39, 0.29) is 5.25 Å². The summed E-state index contributed by atoms with van der Waals surface area (Å²) in [6.07, 6.45) is 2.06. The molecule has 1 aliphatic heterocycles. The Labute approximate surface area is 106 Å². The largest absolute Gasteiger partial charge is 0.317 e. The van der Waals surface area contributed by atoms with E-state index in [0.717, 1.165) is 18.8 Å². The lowest BCUT2D eigenvalue weighted by Crippen LogP contribution is -2.42. The number of aromatic nitrogens is 1. The van der Waals surface area contributed by atoms with Crippen LogP contribution in [0.15, 0.2) is 10.9 Å². The summed E-state index contributed by atoms with van der Waals surface area (Å²) in [6, 6.07) is 0. The first-order valence-electron chi connectivity index (χ1n) is 5.75. The molecule has 5 nitrogen and oxygen atoms in total. The van der Waals surface area contributed by atoms with Crippen LogP contribution in [0.2, 0.25) is 0 Å². The highest BCUT2D eigenvalue weighted by atomic mass is 32.2. The second-order valence-electron chi connectivity index (χ2n) is 4.12. The van der Waals surface area contributed by atoms with Crippen molar-refractivity contribution in [2.45, 2.75) is 24.5 Å². The quantitative estimate of drug-likeness (QED) is 0.814. The van der Waals surface area contributed by atoms with Gasteiger partial charge in [0.05, 0.1) is 16.5 Å². The topological polar surface area (TPSA) is 71.1 Å². The summed E-state index contributed by atoms with van der Waals surface area (Å²) in [5, 5.41) is 4.87. The molecule has 2 N–H and O–H groups in total. The smallest absolute Gasteiger partial charge is 0.214 e. The van der Waals surface area contributed by atoms with Gasteiger partial charge in [-0.2, -0.15) is 0 Å². The van der Waals surface area contributed by atoms with Gasteiger partial charge in [0.1, 0.15) is 0 Å². The van der Waals surface area contributed by atoms with E-state index in [4.69, 9.17) is 0 Å². The fourth-order valence-electron chi connectivity index (χ4n) is 1.91. The minimum Gasteiger partial charge on any atom is -0.317 e. The van der Waals surface area contributed by atoms with Gasteiger partial charge >= 0.3 is 0 Å². The van der Waals surface area contributed by atoms with Gasteiger partial charge in [-0.05, 0) is 25.9 Å². The molecule has 0 spiro atoms. The van der Waals surface area contributed by atoms with Crippen molar-refractivity contribution in [1.29, 1.82) is 0 Å². The Morgan fingerprint density at radius 3 is 2.88 bits per heavy atom. The highest BCUT2D eigenvalue weighted by Crippen LogP contribution is 2.11. The third-order valence-corrected chi connectivity index (χ3v) is 5.48. The van der Waals surface area contributed by atoms with E-state index >= 15 is 0 Å². The van der Waals surface area contributed by atoms with Gasteiger partial charge in [-0.15, -0.1) is 11.3 Å². The van der Waals surface area contributed by atoms with E-state index in [2.05, 4.69) is 15.0 Å². The van der Waals surface area contributed by atoms with Crippen molar-refractivity contribution >= 4 is 21.4 Å². The summed E-state index contributed by atoms with van der Waals surface area (Å²) < 4.78 is 26.6. The zero-order valence-electron chi connectivity index (χ0n) is 9.55. The SMILES string of the molecule is O=S(=O)(NCCc1cscn1)C1CCNCC1. The van der Waals surface area contributed by atoms with Crippen LogP contribution in [0.4, 0.5) is 0 Å². The highest BCUT2D eigenvalue weighted by Gasteiger charge is 2.26. The van der Waals surface area contributed by atoms with E-state index in [1.807, 2.05) is 5.38 Å². The molecule has 0 unspecified atom stereocenters. The molecule has 2 rings (SSSR count). The number of hydrogen-bond acceptors (Lipinski definition) is 5. The Hall–Kier alpha value is -0.500. The standard InChI is InChI=1S/C10H17N3O2S2/c14-17(15,10-2-4-11-5-3-10)13-6-1-9-7-16-8-12-9/h7-8,10-11,13H,1-6H2. The zero-order chi connectivity index (χ0) is 12.1. The molecule has 0 bridgehead atoms. The minimum atomic E-state index is -3.15. The van der Waals surface area contributed by atoms with Crippen LogP contribution in [-0.2, 0) is 16.4 Å². The van der Waals surface area contributed by atoms with Crippen molar-refractivity contribution in [2.75, 3.05) is 19.6 Å². The molecule has 0 saturated carbocycles. The molecule has 0 amide bonds. The van der Waals surface area contributed by atoms with Gasteiger partial charge in [0.25, 0.3) is 0 Å². The molecule has 7 heteroatoms. The Kier molecular flexibility index (Phi) is 4.49. The number of nitrogens with one attached hydrogen (secondary N) is 2. The Morgan fingerprint density at radius 2 is 2.24 bits per heavy atom. The van der Waals surface area contributed by atoms with Gasteiger partial charge in [0.15, 0.2) is 0 Å². The van der Waals surface area contributed by atoms with Crippen LogP contribution >= 0.6 is 11.3 Å². The molecule has 2 heterocycles. The first kappa shape index (κ1) is 12.9. The second kappa shape index (κ2) is 5.90. The van der Waals surface area contributed by atoms with E-state index in [9.17, 15) is 8.42 Å². The molecule has 1 aromatic heterocycles. The lowest BCUT2D eigenvalue weighted by atomic mass is 10.2. The van der Waals surface area contributed by atoms with Gasteiger partial charge in [-0.1, -0.05) is 0 Å². The average molecular weight is 275 g/mol. The lowest BCUT2D eigenvalue weighted by molar-refractivity contribution is 0.489. The third-order valence-electron chi connectivity index (χ3n) is 2.89. The van der Waals surface area contributed by atoms with Crippen LogP contribution in [-0.4, -0.2) is 38.3 Å². The number of hydrogen-bond donors (Lipinski definition) is 2. The Morgan fingerprint density at radius 1 is 1.47 bits per heavy atom. The Balaban J connectivity index is 1.80. The molecule has 1 saturated heterocycles. The van der Waals surface area contributed by atoms with Crippen LogP contribution in [0.25, 0.3) is 0 Å². The maximum absolute atomic E-state index is 12.0. The van der Waals surface area contributed by atoms with Crippen molar-refractivity contribution in [3.8, 4) is 0 Å². The summed E-state index contributed by atoms with van der Waals surface area (Å²) in [4.78, 5) is 4.12. The summed E-state index contributed by atoms with van der Waals surface area (Å²) >= 11 is 1.53. The number of piperidine rings is 1. The first-order chi connectivity index (χ1) is 8.18. The minimum absolute atomic E-state index is 0.237. The summed E-state index contributed by atoms with van der Waals surface area (Å²) in [5.41, 5.74) is 2.71. The Bertz CT molecular complexity index is 424. The molecule has 96 valence electrons. The van der Waals surface area contributed by atoms with Gasteiger partial charge in [-0.3, -0.25) is 0 Å². The van der Waals surface area contributed by atoms with Crippen molar-refractivity contribution in [3.63, 3.8) is 0 Å². The fourth-order valence-corrected chi connectivity index (χ4v) is 3.98. The number of thiazole rings is 1. The fraction of sp³-hybridized carbons (Fsp3) is 0.700. The second-order valence-corrected chi connectivity index (χ2v) is 6.88. The van der Waals surface area contributed by atoms with Gasteiger partial charge < -0.3 is 5.32 Å². The maximum Gasteiger partial charge on any atom is 0.214 e. The predicted octanol–water partition coefficient (Wildman–Crippen LogP) is 0.357. The van der Waals surface area contributed by atoms with E-state index < -0.39 is 10.0 Å². The predicted molar refractivity (Wildman–Crippen MR) is 68.6 cm³/mol. The average Bonchev–Trinajstić information content (AvgIpc) is 2.83. The summed E-state index contributed by atoms with van der Waals surface area (Å²) in [7, 11) is -3.15. The van der Waals surface area contributed by atoms with Crippen LogP contribution < -0.4 is 10.0 Å². The van der Waals surface area contributed by atoms with E-state index in [0.29, 0.717) is 25.8 Å². The van der Waals surface area contributed by atoms with Crippen molar-refractivity contribution in [2.24, 2.45) is 0 Å². The molecule has 0 aliphatic carbocycles. The van der Waals surface area contributed by atoms with E-state index in [1.54, 1.807) is 5.51 Å².